The molecule has 0 radical (unpaired) electrons. The third-order valence-electron chi connectivity index (χ3n) is 3.47. The number of carbonyl (C=O) groups excluding carboxylic acids is 1. The van der Waals surface area contributed by atoms with Crippen LogP contribution < -0.4 is 4.74 Å². The number of ether oxygens (including phenoxy) is 1. The lowest BCUT2D eigenvalue weighted by molar-refractivity contribution is -0.120. The van der Waals surface area contributed by atoms with Crippen molar-refractivity contribution in [1.82, 2.24) is 0 Å². The van der Waals surface area contributed by atoms with Crippen molar-refractivity contribution in [3.8, 4) is 5.75 Å². The van der Waals surface area contributed by atoms with Crippen molar-refractivity contribution in [3.63, 3.8) is 0 Å². The molecule has 0 fully saturated rings. The number of rotatable bonds is 6. The summed E-state index contributed by atoms with van der Waals surface area (Å²) in [6, 6.07) is 6.25. The van der Waals surface area contributed by atoms with Gasteiger partial charge in [-0.3, -0.25) is 4.79 Å². The average Bonchev–Trinajstić information content (AvgIpc) is 2.35. The number of methoxy groups -OCH3 is 1. The summed E-state index contributed by atoms with van der Waals surface area (Å²) >= 11 is 0. The van der Waals surface area contributed by atoms with E-state index in [0.29, 0.717) is 5.92 Å². The van der Waals surface area contributed by atoms with Gasteiger partial charge in [0.1, 0.15) is 11.5 Å². The van der Waals surface area contributed by atoms with Gasteiger partial charge in [-0.05, 0) is 42.9 Å². The van der Waals surface area contributed by atoms with Crippen molar-refractivity contribution in [1.29, 1.82) is 0 Å². The van der Waals surface area contributed by atoms with Gasteiger partial charge >= 0.3 is 0 Å². The summed E-state index contributed by atoms with van der Waals surface area (Å²) in [4.78, 5) is 11.5. The molecule has 1 unspecified atom stereocenters. The van der Waals surface area contributed by atoms with Crippen LogP contribution in [0, 0.1) is 5.92 Å². The van der Waals surface area contributed by atoms with Crippen LogP contribution in [0.3, 0.4) is 0 Å². The van der Waals surface area contributed by atoms with E-state index in [1.54, 1.807) is 14.0 Å². The topological polar surface area (TPSA) is 26.3 Å². The van der Waals surface area contributed by atoms with E-state index in [2.05, 4.69) is 32.9 Å². The van der Waals surface area contributed by atoms with Crippen molar-refractivity contribution < 1.29 is 9.53 Å². The molecule has 0 aliphatic heterocycles. The molecule has 1 atom stereocenters. The molecule has 0 N–H and O–H groups in total. The van der Waals surface area contributed by atoms with E-state index in [4.69, 9.17) is 4.74 Å². The van der Waals surface area contributed by atoms with Crippen LogP contribution >= 0.6 is 0 Å². The lowest BCUT2D eigenvalue weighted by Gasteiger charge is -2.16. The Morgan fingerprint density at radius 3 is 2.44 bits per heavy atom. The monoisotopic (exact) mass is 248 g/mol. The molecule has 2 nitrogen and oxygen atoms in total. The average molecular weight is 248 g/mol. The molecule has 0 aromatic heterocycles. The predicted octanol–water partition coefficient (Wildman–Crippen LogP) is 3.98. The van der Waals surface area contributed by atoms with Crippen LogP contribution in [0.4, 0.5) is 0 Å². The Hall–Kier alpha value is -1.31. The van der Waals surface area contributed by atoms with Gasteiger partial charge in [0.25, 0.3) is 0 Å². The molecule has 0 saturated heterocycles. The Kier molecular flexibility index (Phi) is 5.39. The quantitative estimate of drug-likeness (QED) is 0.761. The Labute approximate surface area is 110 Å². The summed E-state index contributed by atoms with van der Waals surface area (Å²) in [6.45, 7) is 8.06. The maximum Gasteiger partial charge on any atom is 0.133 e. The number of carbonyl (C=O) groups is 1. The van der Waals surface area contributed by atoms with Gasteiger partial charge in [0.2, 0.25) is 0 Å². The second-order valence-corrected chi connectivity index (χ2v) is 5.15. The summed E-state index contributed by atoms with van der Waals surface area (Å²) < 4.78 is 5.37. The van der Waals surface area contributed by atoms with Gasteiger partial charge in [0.15, 0.2) is 0 Å². The van der Waals surface area contributed by atoms with Crippen LogP contribution in [0.15, 0.2) is 18.2 Å². The smallest absolute Gasteiger partial charge is 0.133 e. The van der Waals surface area contributed by atoms with Gasteiger partial charge < -0.3 is 4.74 Å². The standard InChI is InChI=1S/C16H24O2/c1-6-14(12(4)17)9-13-7-8-16(18-5)15(10-13)11(2)3/h7-8,10-11,14H,6,9H2,1-5H3. The van der Waals surface area contributed by atoms with Gasteiger partial charge in [0.05, 0.1) is 7.11 Å². The zero-order valence-corrected chi connectivity index (χ0v) is 12.1. The molecule has 0 spiro atoms. The van der Waals surface area contributed by atoms with Gasteiger partial charge in [-0.25, -0.2) is 0 Å². The Bertz CT molecular complexity index is 408. The molecular weight excluding hydrogens is 224 g/mol. The number of hydrogen-bond donors (Lipinski definition) is 0. The normalized spacial score (nSPS) is 12.6. The molecule has 100 valence electrons. The highest BCUT2D eigenvalue weighted by Gasteiger charge is 2.14. The summed E-state index contributed by atoms with van der Waals surface area (Å²) in [5.41, 5.74) is 2.44. The molecule has 2 heteroatoms. The van der Waals surface area contributed by atoms with Crippen LogP contribution in [0.25, 0.3) is 0 Å². The highest BCUT2D eigenvalue weighted by atomic mass is 16.5. The minimum Gasteiger partial charge on any atom is -0.496 e. The van der Waals surface area contributed by atoms with E-state index in [9.17, 15) is 4.79 Å². The van der Waals surface area contributed by atoms with Crippen molar-refractivity contribution >= 4 is 5.78 Å². The molecule has 0 bridgehead atoms. The molecule has 18 heavy (non-hydrogen) atoms. The lowest BCUT2D eigenvalue weighted by Crippen LogP contribution is -2.13. The van der Waals surface area contributed by atoms with E-state index < -0.39 is 0 Å². The minimum atomic E-state index is 0.137. The van der Waals surface area contributed by atoms with E-state index in [0.717, 1.165) is 18.6 Å². The highest BCUT2D eigenvalue weighted by molar-refractivity contribution is 5.78. The summed E-state index contributed by atoms with van der Waals surface area (Å²) in [7, 11) is 1.70. The first-order chi connectivity index (χ1) is 8.49. The molecule has 0 saturated carbocycles. The van der Waals surface area contributed by atoms with Crippen LogP contribution in [-0.4, -0.2) is 12.9 Å². The molecular formula is C16H24O2. The first-order valence-electron chi connectivity index (χ1n) is 6.66. The third-order valence-corrected chi connectivity index (χ3v) is 3.47. The molecule has 0 amide bonds. The van der Waals surface area contributed by atoms with Crippen LogP contribution in [0.2, 0.25) is 0 Å². The predicted molar refractivity (Wildman–Crippen MR) is 75.2 cm³/mol. The Morgan fingerprint density at radius 1 is 1.33 bits per heavy atom. The van der Waals surface area contributed by atoms with Gasteiger partial charge in [-0.2, -0.15) is 0 Å². The highest BCUT2D eigenvalue weighted by Crippen LogP contribution is 2.28. The van der Waals surface area contributed by atoms with Gasteiger partial charge in [-0.15, -0.1) is 0 Å². The van der Waals surface area contributed by atoms with Crippen molar-refractivity contribution in [2.45, 2.75) is 46.5 Å². The number of benzene rings is 1. The maximum absolute atomic E-state index is 11.5. The number of hydrogen-bond acceptors (Lipinski definition) is 2. The minimum absolute atomic E-state index is 0.137. The SMILES string of the molecule is CCC(Cc1ccc(OC)c(C(C)C)c1)C(C)=O. The summed E-state index contributed by atoms with van der Waals surface area (Å²) in [6.07, 6.45) is 1.73. The Morgan fingerprint density at radius 2 is 2.00 bits per heavy atom. The largest absolute Gasteiger partial charge is 0.496 e. The fourth-order valence-electron chi connectivity index (χ4n) is 2.22. The van der Waals surface area contributed by atoms with Crippen LogP contribution in [0.5, 0.6) is 5.75 Å². The van der Waals surface area contributed by atoms with E-state index in [-0.39, 0.29) is 11.7 Å². The summed E-state index contributed by atoms with van der Waals surface area (Å²) in [5.74, 6) is 1.78. The summed E-state index contributed by atoms with van der Waals surface area (Å²) in [5, 5.41) is 0. The zero-order valence-electron chi connectivity index (χ0n) is 12.1. The van der Waals surface area contributed by atoms with E-state index >= 15 is 0 Å². The van der Waals surface area contributed by atoms with Crippen molar-refractivity contribution in [2.24, 2.45) is 5.92 Å². The van der Waals surface area contributed by atoms with Gasteiger partial charge in [0, 0.05) is 5.92 Å². The molecule has 0 aliphatic carbocycles. The van der Waals surface area contributed by atoms with E-state index in [1.165, 1.54) is 11.1 Å². The second-order valence-electron chi connectivity index (χ2n) is 5.15. The van der Waals surface area contributed by atoms with Crippen molar-refractivity contribution in [2.75, 3.05) is 7.11 Å². The zero-order chi connectivity index (χ0) is 13.7. The van der Waals surface area contributed by atoms with E-state index in [1.807, 2.05) is 6.07 Å². The van der Waals surface area contributed by atoms with Crippen LogP contribution in [0.1, 0.15) is 51.2 Å². The molecule has 1 rings (SSSR count). The van der Waals surface area contributed by atoms with Gasteiger partial charge in [-0.1, -0.05) is 32.9 Å². The van der Waals surface area contributed by atoms with Crippen molar-refractivity contribution in [3.05, 3.63) is 29.3 Å². The third kappa shape index (κ3) is 3.59. The number of ketones is 1. The second kappa shape index (κ2) is 6.58. The number of Topliss-reactive ketones (excluding diaryl/α,β-unsaturated/α-hetero) is 1. The first-order valence-corrected chi connectivity index (χ1v) is 6.66. The molecule has 1 aromatic carbocycles. The first kappa shape index (κ1) is 14.7. The fraction of sp³-hybridized carbons (Fsp3) is 0.562. The maximum atomic E-state index is 11.5. The molecule has 0 heterocycles. The Balaban J connectivity index is 2.97. The molecule has 0 aliphatic rings. The lowest BCUT2D eigenvalue weighted by atomic mass is 9.91. The molecule has 1 aromatic rings. The fourth-order valence-corrected chi connectivity index (χ4v) is 2.22. The van der Waals surface area contributed by atoms with Crippen LogP contribution in [-0.2, 0) is 11.2 Å².